The molecule has 0 aliphatic carbocycles. The number of furan rings is 1. The molecule has 0 saturated carbocycles. The first-order valence-electron chi connectivity index (χ1n) is 34.8. The van der Waals surface area contributed by atoms with E-state index in [0.29, 0.717) is 148 Å². The number of nitrogens with zero attached hydrogens (tertiary/aromatic N) is 12. The third kappa shape index (κ3) is 16.2. The summed E-state index contributed by atoms with van der Waals surface area (Å²) in [6, 6.07) is 59.8. The van der Waals surface area contributed by atoms with Crippen molar-refractivity contribution in [1.82, 2.24) is 28.4 Å². The first-order chi connectivity index (χ1) is 53.1. The van der Waals surface area contributed by atoms with Gasteiger partial charge in [0.25, 0.3) is 17.7 Å². The Hall–Kier alpha value is -12.4. The molecule has 0 unspecified atom stereocenters. The van der Waals surface area contributed by atoms with Crippen molar-refractivity contribution in [2.45, 2.75) is 19.6 Å². The lowest BCUT2D eigenvalue weighted by atomic mass is 10.1. The zero-order valence-corrected chi connectivity index (χ0v) is 61.9. The van der Waals surface area contributed by atoms with E-state index in [2.05, 4.69) is 0 Å². The van der Waals surface area contributed by atoms with Crippen LogP contribution in [0.1, 0.15) is 48.0 Å². The number of anilines is 3. The third-order valence-corrected chi connectivity index (χ3v) is 20.4. The highest BCUT2D eigenvalue weighted by molar-refractivity contribution is 6.32. The molecule has 0 spiro atoms. The van der Waals surface area contributed by atoms with Crippen LogP contribution >= 0.6 is 46.4 Å². The second-order valence-corrected chi connectivity index (χ2v) is 27.8. The maximum atomic E-state index is 13.6. The molecule has 3 amide bonds. The zero-order chi connectivity index (χ0) is 77.4. The van der Waals surface area contributed by atoms with Gasteiger partial charge in [0.1, 0.15) is 22.8 Å². The first kappa shape index (κ1) is 75.9. The fourth-order valence-electron chi connectivity index (χ4n) is 14.1. The molecule has 30 heteroatoms. The van der Waals surface area contributed by atoms with Gasteiger partial charge < -0.3 is 38.6 Å². The predicted molar refractivity (Wildman–Crippen MR) is 424 cm³/mol. The molecule has 7 heterocycles. The van der Waals surface area contributed by atoms with Crippen LogP contribution in [0.2, 0.25) is 20.1 Å². The van der Waals surface area contributed by atoms with Crippen LogP contribution in [0.5, 0.6) is 5.75 Å². The van der Waals surface area contributed by atoms with Gasteiger partial charge >= 0.3 is 33.7 Å². The Labute approximate surface area is 647 Å². The van der Waals surface area contributed by atoms with E-state index >= 15 is 0 Å². The van der Waals surface area contributed by atoms with E-state index in [0.717, 1.165) is 16.7 Å². The van der Waals surface area contributed by atoms with Crippen molar-refractivity contribution >= 4 is 131 Å². The van der Waals surface area contributed by atoms with Gasteiger partial charge in [-0.15, -0.1) is 0 Å². The summed E-state index contributed by atoms with van der Waals surface area (Å²) in [4.78, 5) is 125. The van der Waals surface area contributed by atoms with Gasteiger partial charge in [0.05, 0.1) is 64.3 Å². The topological polar surface area (TPSA) is 288 Å². The van der Waals surface area contributed by atoms with Crippen LogP contribution in [-0.2, 0) is 19.6 Å². The molecule has 0 bridgehead atoms. The van der Waals surface area contributed by atoms with Gasteiger partial charge in [0, 0.05) is 126 Å². The summed E-state index contributed by atoms with van der Waals surface area (Å²) in [5, 5.41) is 40.1. The number of rotatable bonds is 16. The van der Waals surface area contributed by atoms with Crippen LogP contribution in [0.15, 0.2) is 231 Å². The summed E-state index contributed by atoms with van der Waals surface area (Å²) in [6.45, 7) is 4.50. The van der Waals surface area contributed by atoms with Crippen LogP contribution in [0.3, 0.4) is 0 Å². The summed E-state index contributed by atoms with van der Waals surface area (Å²) in [6.07, 6.45) is 1.44. The Balaban J connectivity index is 0.000000145. The minimum atomic E-state index is -0.683. The highest BCUT2D eigenvalue weighted by Crippen LogP contribution is 2.40. The molecule has 12 aromatic rings. The normalized spacial score (nSPS) is 13.7. The van der Waals surface area contributed by atoms with E-state index in [4.69, 9.17) is 55.6 Å². The predicted octanol–water partition coefficient (Wildman–Crippen LogP) is 14.0. The monoisotopic (exact) mass is 1560 g/mol. The van der Waals surface area contributed by atoms with E-state index in [1.807, 2.05) is 95.9 Å². The molecule has 3 aliphatic heterocycles. The maximum absolute atomic E-state index is 13.6. The second-order valence-electron chi connectivity index (χ2n) is 26.0. The van der Waals surface area contributed by atoms with Crippen LogP contribution in [0.25, 0.3) is 32.7 Å². The quantitative estimate of drug-likeness (QED) is 0.0641. The van der Waals surface area contributed by atoms with Crippen molar-refractivity contribution in [2.75, 3.05) is 100 Å². The molecule has 3 aliphatic rings. The Kier molecular flexibility index (Phi) is 23.0. The summed E-state index contributed by atoms with van der Waals surface area (Å²) >= 11 is 24.9. The molecule has 26 nitrogen and oxygen atoms in total. The lowest BCUT2D eigenvalue weighted by Gasteiger charge is -2.36. The number of ether oxygens (including phenoxy) is 1. The van der Waals surface area contributed by atoms with Crippen molar-refractivity contribution in [3.8, 4) is 5.75 Å². The summed E-state index contributed by atoms with van der Waals surface area (Å²) in [5.41, 5.74) is 2.41. The van der Waals surface area contributed by atoms with Crippen LogP contribution < -0.4 is 36.1 Å². The number of carbonyl (C=O) groups excluding carboxylic acids is 3. The second kappa shape index (κ2) is 33.4. The number of nitro groups is 3. The molecule has 15 rings (SSSR count). The average Bonchev–Trinajstić information content (AvgIpc) is 0.855. The Morgan fingerprint density at radius 3 is 0.973 bits per heavy atom. The first-order valence-corrected chi connectivity index (χ1v) is 36.3. The van der Waals surface area contributed by atoms with Gasteiger partial charge in [-0.25, -0.2) is 0 Å². The molecule has 4 aromatic heterocycles. The van der Waals surface area contributed by atoms with E-state index in [-0.39, 0.29) is 60.2 Å². The average molecular weight is 1560 g/mol. The fraction of sp³-hybridized carbons (Fsp3) is 0.200. The van der Waals surface area contributed by atoms with Crippen LogP contribution in [-0.4, -0.2) is 147 Å². The van der Waals surface area contributed by atoms with E-state index in [1.165, 1.54) is 20.0 Å². The minimum Gasteiger partial charge on any atom is -0.497 e. The molecule has 0 radical (unpaired) electrons. The molecule has 110 heavy (non-hydrogen) atoms. The lowest BCUT2D eigenvalue weighted by molar-refractivity contribution is -0.385. The number of hydrogen-bond acceptors (Lipinski definition) is 17. The highest BCUT2D eigenvalue weighted by atomic mass is 35.5. The number of aromatic nitrogens is 3. The minimum absolute atomic E-state index is 0.131. The van der Waals surface area contributed by atoms with Gasteiger partial charge in [-0.05, 0) is 132 Å². The molecule has 3 fully saturated rings. The molecule has 560 valence electrons. The Bertz CT molecular complexity index is 5680. The highest BCUT2D eigenvalue weighted by Gasteiger charge is 2.37. The Morgan fingerprint density at radius 1 is 0.382 bits per heavy atom. The van der Waals surface area contributed by atoms with Gasteiger partial charge in [-0.2, -0.15) is 0 Å². The van der Waals surface area contributed by atoms with E-state index in [9.17, 15) is 59.1 Å². The van der Waals surface area contributed by atoms with Crippen molar-refractivity contribution in [1.29, 1.82) is 0 Å². The molecule has 3 saturated heterocycles. The van der Waals surface area contributed by atoms with E-state index < -0.39 is 48.5 Å². The van der Waals surface area contributed by atoms with Gasteiger partial charge in [0.2, 0.25) is 0 Å². The number of piperazine rings is 3. The van der Waals surface area contributed by atoms with Crippen molar-refractivity contribution in [3.63, 3.8) is 0 Å². The van der Waals surface area contributed by atoms with Gasteiger partial charge in [-0.1, -0.05) is 137 Å². The number of halogens is 4. The summed E-state index contributed by atoms with van der Waals surface area (Å²) in [5.74, 6) is 0.386. The van der Waals surface area contributed by atoms with Crippen LogP contribution in [0.4, 0.5) is 34.1 Å². The standard InChI is InChI=1S/C28H25ClN4O5.C27H22Cl2N4O4.C25H21ClN4O5/c1-38-22-10-7-20(8-11-22)27(34)31-15-13-30(14-16-31)25-23-17-21(29)9-12-24(23)32(28(35)26(25)33(36)37)18-19-5-3-2-4-6-19;28-20-8-6-19(7-9-20)26(34)31-14-12-30(13-15-31)24-22-16-21(29)10-11-23(22)32(27(35)25(24)33(36)37)17-18-4-2-1-3-5-18;26-18-8-9-20-19(15-18)22(27-10-12-28(13-11-27)24(31)21-7-4-14-35-21)23(30(33)34)25(32)29(20)16-17-5-2-1-3-6-17/h2-12,17H,13-16,18H2,1H3;1-11,16H,12-15,17H2;1-9,14-15H,10-13,16H2. The van der Waals surface area contributed by atoms with Crippen molar-refractivity contribution in [2.24, 2.45) is 0 Å². The zero-order valence-electron chi connectivity index (χ0n) is 58.9. The summed E-state index contributed by atoms with van der Waals surface area (Å²) in [7, 11) is 1.56. The largest absolute Gasteiger partial charge is 0.497 e. The van der Waals surface area contributed by atoms with Crippen LogP contribution in [0, 0.1) is 30.3 Å². The number of amides is 3. The number of carbonyl (C=O) groups is 3. The fourth-order valence-corrected chi connectivity index (χ4v) is 14.7. The third-order valence-electron chi connectivity index (χ3n) is 19.4. The number of benzene rings is 8. The van der Waals surface area contributed by atoms with Crippen molar-refractivity contribution < 1.29 is 38.3 Å². The maximum Gasteiger partial charge on any atom is 0.357 e. The van der Waals surface area contributed by atoms with Gasteiger partial charge in [-0.3, -0.25) is 72.8 Å². The smallest absolute Gasteiger partial charge is 0.357 e. The van der Waals surface area contributed by atoms with Crippen molar-refractivity contribution in [3.05, 3.63) is 328 Å². The molecule has 0 atom stereocenters. The molecular formula is C80H68Cl4N12O14. The summed E-state index contributed by atoms with van der Waals surface area (Å²) < 4.78 is 14.6. The molecule has 8 aromatic carbocycles. The van der Waals surface area contributed by atoms with Gasteiger partial charge in [0.15, 0.2) is 5.76 Å². The number of pyridine rings is 3. The Morgan fingerprint density at radius 2 is 0.682 bits per heavy atom. The molecule has 0 N–H and O–H groups in total. The lowest BCUT2D eigenvalue weighted by Crippen LogP contribution is -2.49. The number of fused-ring (bicyclic) bond motifs is 3. The molecular weight excluding hydrogens is 1490 g/mol. The number of methoxy groups -OCH3 is 1. The SMILES string of the molecule is COc1ccc(C(=O)N2CCN(c3c([N+](=O)[O-])c(=O)n(Cc4ccccc4)c4ccc(Cl)cc34)CC2)cc1.O=C(c1ccc(Cl)cc1)N1CCN(c2c([N+](=O)[O-])c(=O)n(Cc3ccccc3)c3ccc(Cl)cc23)CC1.O=C(c1ccco1)N1CCN(c2c([N+](=O)[O-])c(=O)n(Cc3ccccc3)c3ccc(Cl)cc23)CC1. The van der Waals surface area contributed by atoms with E-state index in [1.54, 1.807) is 147 Å². The number of hydrogen-bond donors (Lipinski definition) is 0.